The van der Waals surface area contributed by atoms with E-state index in [4.69, 9.17) is 0 Å². The first-order valence-corrected chi connectivity index (χ1v) is 8.93. The molecule has 2 aromatic carbocycles. The molecule has 0 amide bonds. The van der Waals surface area contributed by atoms with Crippen molar-refractivity contribution in [2.45, 2.75) is 6.54 Å². The average molecular weight is 351 g/mol. The van der Waals surface area contributed by atoms with Gasteiger partial charge in [-0.25, -0.2) is 4.79 Å². The second-order valence-corrected chi connectivity index (χ2v) is 6.76. The first-order valence-electron chi connectivity index (χ1n) is 7.95. The van der Waals surface area contributed by atoms with Crippen molar-refractivity contribution in [3.8, 4) is 0 Å². The molecule has 0 radical (unpaired) electrons. The van der Waals surface area contributed by atoms with Crippen molar-refractivity contribution >= 4 is 33.7 Å². The maximum Gasteiger partial charge on any atom is 0.326 e. The minimum absolute atomic E-state index is 0.113. The van der Waals surface area contributed by atoms with E-state index in [1.54, 1.807) is 23.4 Å². The van der Waals surface area contributed by atoms with Crippen molar-refractivity contribution in [3.05, 3.63) is 70.1 Å². The van der Waals surface area contributed by atoms with E-state index in [1.807, 2.05) is 36.4 Å². The molecule has 0 unspecified atom stereocenters. The van der Waals surface area contributed by atoms with Gasteiger partial charge in [0.2, 0.25) is 0 Å². The highest BCUT2D eigenvalue weighted by molar-refractivity contribution is 8.14. The lowest BCUT2D eigenvalue weighted by Crippen LogP contribution is -2.23. The van der Waals surface area contributed by atoms with E-state index in [1.165, 1.54) is 5.56 Å². The maximum absolute atomic E-state index is 11.7. The van der Waals surface area contributed by atoms with Crippen LogP contribution in [0.3, 0.4) is 0 Å². The number of nitrogens with zero attached hydrogens (tertiary/aromatic N) is 3. The molecule has 1 aliphatic rings. The summed E-state index contributed by atoms with van der Waals surface area (Å²) in [7, 11) is 1.75. The number of fused-ring (bicyclic) bond motifs is 1. The fourth-order valence-corrected chi connectivity index (χ4v) is 3.49. The Morgan fingerprint density at radius 1 is 1.20 bits per heavy atom. The SMILES string of the molecule is Cn1c(=O)[nH]c2cc(C3=NN=C(NCc4ccccc4)SC3)ccc21. The summed E-state index contributed by atoms with van der Waals surface area (Å²) < 4.78 is 1.60. The quantitative estimate of drug-likeness (QED) is 0.761. The van der Waals surface area contributed by atoms with E-state index < -0.39 is 0 Å². The number of aromatic nitrogens is 2. The smallest absolute Gasteiger partial charge is 0.326 e. The number of aromatic amines is 1. The molecule has 0 saturated carbocycles. The fraction of sp³-hybridized carbons (Fsp3) is 0.167. The molecule has 0 atom stereocenters. The largest absolute Gasteiger partial charge is 0.359 e. The lowest BCUT2D eigenvalue weighted by Gasteiger charge is -2.13. The summed E-state index contributed by atoms with van der Waals surface area (Å²) in [6, 6.07) is 16.1. The number of thioether (sulfide) groups is 1. The standard InChI is InChI=1S/C18H17N5OS/c1-23-16-8-7-13(9-14(16)20-18(23)24)15-11-25-17(22-21-15)19-10-12-5-3-2-4-6-12/h2-9H,10-11H2,1H3,(H,19,22)(H,20,24). The van der Waals surface area contributed by atoms with Crippen LogP contribution in [0.4, 0.5) is 0 Å². The summed E-state index contributed by atoms with van der Waals surface area (Å²) in [6.07, 6.45) is 0. The number of benzene rings is 2. The lowest BCUT2D eigenvalue weighted by atomic mass is 10.1. The second kappa shape index (κ2) is 6.60. The molecule has 7 heteroatoms. The van der Waals surface area contributed by atoms with Crippen LogP contribution >= 0.6 is 11.8 Å². The third kappa shape index (κ3) is 3.23. The minimum atomic E-state index is -0.113. The summed E-state index contributed by atoms with van der Waals surface area (Å²) in [6.45, 7) is 0.731. The van der Waals surface area contributed by atoms with Gasteiger partial charge in [-0.05, 0) is 17.7 Å². The highest BCUT2D eigenvalue weighted by atomic mass is 32.2. The summed E-state index contributed by atoms with van der Waals surface area (Å²) in [5.41, 5.74) is 4.67. The number of H-pyrrole nitrogens is 1. The van der Waals surface area contributed by atoms with Gasteiger partial charge in [0.15, 0.2) is 5.17 Å². The molecule has 0 bridgehead atoms. The Morgan fingerprint density at radius 2 is 2.04 bits per heavy atom. The fourth-order valence-electron chi connectivity index (χ4n) is 2.72. The molecule has 2 N–H and O–H groups in total. The van der Waals surface area contributed by atoms with Gasteiger partial charge in [0, 0.05) is 24.9 Å². The van der Waals surface area contributed by atoms with Gasteiger partial charge in [0.25, 0.3) is 0 Å². The molecular weight excluding hydrogens is 334 g/mol. The van der Waals surface area contributed by atoms with Crippen molar-refractivity contribution in [2.75, 3.05) is 5.75 Å². The number of nitrogens with one attached hydrogen (secondary N) is 2. The zero-order valence-corrected chi connectivity index (χ0v) is 14.5. The van der Waals surface area contributed by atoms with Crippen LogP contribution in [0.5, 0.6) is 0 Å². The monoisotopic (exact) mass is 351 g/mol. The van der Waals surface area contributed by atoms with Crippen LogP contribution in [0.1, 0.15) is 11.1 Å². The zero-order valence-electron chi connectivity index (χ0n) is 13.7. The first-order chi connectivity index (χ1) is 12.2. The maximum atomic E-state index is 11.7. The van der Waals surface area contributed by atoms with Gasteiger partial charge in [-0.15, -0.1) is 5.10 Å². The van der Waals surface area contributed by atoms with Crippen molar-refractivity contribution in [1.29, 1.82) is 0 Å². The Balaban J connectivity index is 1.51. The molecule has 3 aromatic rings. The van der Waals surface area contributed by atoms with Crippen LogP contribution in [-0.4, -0.2) is 26.2 Å². The van der Waals surface area contributed by atoms with Crippen molar-refractivity contribution in [2.24, 2.45) is 17.3 Å². The number of amidine groups is 1. The lowest BCUT2D eigenvalue weighted by molar-refractivity contribution is 0.891. The molecule has 4 rings (SSSR count). The molecule has 6 nitrogen and oxygen atoms in total. The van der Waals surface area contributed by atoms with Crippen LogP contribution in [0.2, 0.25) is 0 Å². The number of hydrogen-bond acceptors (Lipinski definition) is 5. The predicted octanol–water partition coefficient (Wildman–Crippen LogP) is 2.46. The third-order valence-electron chi connectivity index (χ3n) is 4.13. The van der Waals surface area contributed by atoms with E-state index in [9.17, 15) is 4.79 Å². The molecule has 0 aliphatic carbocycles. The molecular formula is C18H17N5OS. The van der Waals surface area contributed by atoms with Crippen LogP contribution in [0.25, 0.3) is 11.0 Å². The average Bonchev–Trinajstić information content (AvgIpc) is 2.95. The first kappa shape index (κ1) is 15.7. The molecule has 0 saturated heterocycles. The van der Waals surface area contributed by atoms with Crippen LogP contribution < -0.4 is 11.0 Å². The Bertz CT molecular complexity index is 1030. The topological polar surface area (TPSA) is 74.5 Å². The Morgan fingerprint density at radius 3 is 2.80 bits per heavy atom. The third-order valence-corrected chi connectivity index (χ3v) is 5.05. The van der Waals surface area contributed by atoms with Crippen LogP contribution in [-0.2, 0) is 13.6 Å². The summed E-state index contributed by atoms with van der Waals surface area (Å²) in [4.78, 5) is 14.6. The minimum Gasteiger partial charge on any atom is -0.359 e. The van der Waals surface area contributed by atoms with Gasteiger partial charge >= 0.3 is 5.69 Å². The summed E-state index contributed by atoms with van der Waals surface area (Å²) >= 11 is 1.63. The van der Waals surface area contributed by atoms with Crippen LogP contribution in [0.15, 0.2) is 63.5 Å². The van der Waals surface area contributed by atoms with Gasteiger partial charge < -0.3 is 10.3 Å². The second-order valence-electron chi connectivity index (χ2n) is 5.80. The Kier molecular flexibility index (Phi) is 4.15. The number of aryl methyl sites for hydroxylation is 1. The van der Waals surface area contributed by atoms with E-state index in [0.717, 1.165) is 39.8 Å². The molecule has 1 aromatic heterocycles. The van der Waals surface area contributed by atoms with Crippen molar-refractivity contribution in [3.63, 3.8) is 0 Å². The number of imidazole rings is 1. The summed E-state index contributed by atoms with van der Waals surface area (Å²) in [5, 5.41) is 12.8. The van der Waals surface area contributed by atoms with E-state index in [-0.39, 0.29) is 5.69 Å². The predicted molar refractivity (Wildman–Crippen MR) is 103 cm³/mol. The van der Waals surface area contributed by atoms with Gasteiger partial charge in [0.05, 0.1) is 16.7 Å². The van der Waals surface area contributed by atoms with Crippen LogP contribution in [0, 0.1) is 0 Å². The summed E-state index contributed by atoms with van der Waals surface area (Å²) in [5.74, 6) is 0.739. The van der Waals surface area contributed by atoms with Gasteiger partial charge in [-0.1, -0.05) is 48.2 Å². The molecule has 1 aliphatic heterocycles. The normalized spacial score (nSPS) is 14.3. The van der Waals surface area contributed by atoms with E-state index in [0.29, 0.717) is 0 Å². The highest BCUT2D eigenvalue weighted by Gasteiger charge is 2.14. The van der Waals surface area contributed by atoms with E-state index >= 15 is 0 Å². The molecule has 2 heterocycles. The number of hydrogen-bond donors (Lipinski definition) is 2. The van der Waals surface area contributed by atoms with Gasteiger partial charge in [0.1, 0.15) is 0 Å². The van der Waals surface area contributed by atoms with Gasteiger partial charge in [-0.2, -0.15) is 5.10 Å². The van der Waals surface area contributed by atoms with Crippen molar-refractivity contribution < 1.29 is 0 Å². The zero-order chi connectivity index (χ0) is 17.2. The molecule has 0 fully saturated rings. The Labute approximate surface area is 148 Å². The number of rotatable bonds is 3. The highest BCUT2D eigenvalue weighted by Crippen LogP contribution is 2.18. The Hall–Kier alpha value is -2.80. The molecule has 126 valence electrons. The molecule has 25 heavy (non-hydrogen) atoms. The molecule has 0 spiro atoms. The van der Waals surface area contributed by atoms with Gasteiger partial charge in [-0.3, -0.25) is 4.57 Å². The van der Waals surface area contributed by atoms with Crippen molar-refractivity contribution in [1.82, 2.24) is 14.9 Å². The van der Waals surface area contributed by atoms with E-state index in [2.05, 4.69) is 32.6 Å².